The van der Waals surface area contributed by atoms with Crippen molar-refractivity contribution in [3.63, 3.8) is 0 Å². The molecule has 0 aromatic carbocycles. The van der Waals surface area contributed by atoms with Crippen LogP contribution >= 0.6 is 0 Å². The number of nitrogens with one attached hydrogen (secondary N) is 1. The molecule has 0 fully saturated rings. The number of rotatable bonds is 5. The van der Waals surface area contributed by atoms with Gasteiger partial charge in [-0.2, -0.15) is 8.42 Å². The van der Waals surface area contributed by atoms with Crippen LogP contribution in [0.15, 0.2) is 0 Å². The molecule has 0 aromatic heterocycles. The maximum atomic E-state index is 11.7. The highest BCUT2D eigenvalue weighted by molar-refractivity contribution is 7.87. The zero-order valence-electron chi connectivity index (χ0n) is 10.5. The van der Waals surface area contributed by atoms with Crippen molar-refractivity contribution in [2.45, 2.75) is 45.8 Å². The molecule has 16 heavy (non-hydrogen) atoms. The summed E-state index contributed by atoms with van der Waals surface area (Å²) < 4.78 is 29.5. The molecule has 1 amide bonds. The topological polar surface area (TPSA) is 83.5 Å². The van der Waals surface area contributed by atoms with E-state index in [0.717, 1.165) is 0 Å². The Morgan fingerprint density at radius 2 is 1.69 bits per heavy atom. The van der Waals surface area contributed by atoms with Gasteiger partial charge in [0.2, 0.25) is 5.91 Å². The second-order valence-corrected chi connectivity index (χ2v) is 7.21. The molecule has 0 bridgehead atoms. The number of carbonyl (C=O) groups is 1. The highest BCUT2D eigenvalue weighted by Crippen LogP contribution is 2.20. The van der Waals surface area contributed by atoms with Gasteiger partial charge in [0.25, 0.3) is 10.1 Å². The smallest absolute Gasteiger partial charge is 0.271 e. The van der Waals surface area contributed by atoms with Crippen LogP contribution in [0.4, 0.5) is 0 Å². The van der Waals surface area contributed by atoms with Crippen LogP contribution in [0.25, 0.3) is 0 Å². The minimum Gasteiger partial charge on any atom is -0.354 e. The second-order valence-electron chi connectivity index (χ2n) is 5.15. The first-order valence-corrected chi connectivity index (χ1v) is 6.63. The van der Waals surface area contributed by atoms with E-state index in [-0.39, 0.29) is 12.5 Å². The van der Waals surface area contributed by atoms with Gasteiger partial charge in [0.05, 0.1) is 0 Å². The van der Waals surface area contributed by atoms with Gasteiger partial charge in [0.1, 0.15) is 4.75 Å². The van der Waals surface area contributed by atoms with Gasteiger partial charge in [-0.25, -0.2) is 0 Å². The van der Waals surface area contributed by atoms with Gasteiger partial charge in [-0.1, -0.05) is 20.8 Å². The Morgan fingerprint density at radius 3 is 2.00 bits per heavy atom. The SMILES string of the molecule is CCC(C)(C)C(=O)NCC(C)(C)S(=O)(=O)O. The molecule has 5 nitrogen and oxygen atoms in total. The second kappa shape index (κ2) is 4.71. The van der Waals surface area contributed by atoms with E-state index in [1.807, 2.05) is 6.92 Å². The lowest BCUT2D eigenvalue weighted by molar-refractivity contribution is -0.129. The lowest BCUT2D eigenvalue weighted by Gasteiger charge is -2.26. The fraction of sp³-hybridized carbons (Fsp3) is 0.900. The van der Waals surface area contributed by atoms with Gasteiger partial charge in [0, 0.05) is 12.0 Å². The lowest BCUT2D eigenvalue weighted by atomic mass is 9.89. The fourth-order valence-corrected chi connectivity index (χ4v) is 1.04. The molecule has 2 N–H and O–H groups in total. The molecule has 0 heterocycles. The molecule has 0 atom stereocenters. The van der Waals surface area contributed by atoms with Crippen LogP contribution in [0.2, 0.25) is 0 Å². The molecule has 0 saturated heterocycles. The van der Waals surface area contributed by atoms with Crippen molar-refractivity contribution in [3.8, 4) is 0 Å². The summed E-state index contributed by atoms with van der Waals surface area (Å²) in [5.41, 5.74) is -0.532. The first-order valence-electron chi connectivity index (χ1n) is 5.19. The Bertz CT molecular complexity index is 357. The van der Waals surface area contributed by atoms with E-state index < -0.39 is 20.3 Å². The van der Waals surface area contributed by atoms with Crippen LogP contribution in [-0.2, 0) is 14.9 Å². The predicted molar refractivity (Wildman–Crippen MR) is 62.7 cm³/mol. The summed E-state index contributed by atoms with van der Waals surface area (Å²) in [5.74, 6) is -0.216. The highest BCUT2D eigenvalue weighted by Gasteiger charge is 2.34. The first kappa shape index (κ1) is 15.4. The summed E-state index contributed by atoms with van der Waals surface area (Å²) in [4.78, 5) is 11.7. The van der Waals surface area contributed by atoms with E-state index in [4.69, 9.17) is 4.55 Å². The standard InChI is InChI=1S/C10H21NO4S/c1-6-9(2,3)8(12)11-7-10(4,5)16(13,14)15/h6-7H2,1-5H3,(H,11,12)(H,13,14,15). The van der Waals surface area contributed by atoms with Gasteiger partial charge < -0.3 is 5.32 Å². The van der Waals surface area contributed by atoms with Crippen LogP contribution in [0.5, 0.6) is 0 Å². The molecular weight excluding hydrogens is 230 g/mol. The predicted octanol–water partition coefficient (Wildman–Crippen LogP) is 1.21. The van der Waals surface area contributed by atoms with Gasteiger partial charge in [0.15, 0.2) is 0 Å². The summed E-state index contributed by atoms with van der Waals surface area (Å²) in [7, 11) is -4.16. The van der Waals surface area contributed by atoms with Crippen molar-refractivity contribution in [1.82, 2.24) is 5.32 Å². The van der Waals surface area contributed by atoms with Crippen LogP contribution in [-0.4, -0.2) is 30.2 Å². The third-order valence-corrected chi connectivity index (χ3v) is 4.41. The average Bonchev–Trinajstić information content (AvgIpc) is 2.12. The molecule has 0 rings (SSSR count). The summed E-state index contributed by atoms with van der Waals surface area (Å²) in [6, 6.07) is 0. The molecule has 6 heteroatoms. The van der Waals surface area contributed by atoms with Crippen molar-refractivity contribution in [2.24, 2.45) is 5.41 Å². The Balaban J connectivity index is 4.55. The van der Waals surface area contributed by atoms with Crippen molar-refractivity contribution < 1.29 is 17.8 Å². The van der Waals surface area contributed by atoms with Crippen LogP contribution in [0, 0.1) is 5.41 Å². The number of amides is 1. The van der Waals surface area contributed by atoms with E-state index >= 15 is 0 Å². The molecule has 0 aliphatic rings. The van der Waals surface area contributed by atoms with Crippen molar-refractivity contribution in [2.75, 3.05) is 6.54 Å². The summed E-state index contributed by atoms with van der Waals surface area (Å²) in [5, 5.41) is 2.54. The fourth-order valence-electron chi connectivity index (χ4n) is 0.784. The lowest BCUT2D eigenvalue weighted by Crippen LogP contribution is -2.47. The molecule has 0 aromatic rings. The van der Waals surface area contributed by atoms with Gasteiger partial charge >= 0.3 is 0 Å². The molecule has 0 saturated carbocycles. The van der Waals surface area contributed by atoms with Gasteiger partial charge in [-0.05, 0) is 20.3 Å². The Labute approximate surface area is 97.4 Å². The molecule has 0 aliphatic carbocycles. The average molecular weight is 251 g/mol. The molecule has 0 radical (unpaired) electrons. The molecule has 96 valence electrons. The van der Waals surface area contributed by atoms with Gasteiger partial charge in [-0.3, -0.25) is 9.35 Å². The maximum Gasteiger partial charge on any atom is 0.271 e. The normalized spacial score (nSPS) is 13.6. The Hall–Kier alpha value is -0.620. The van der Waals surface area contributed by atoms with E-state index in [1.165, 1.54) is 13.8 Å². The summed E-state index contributed by atoms with van der Waals surface area (Å²) >= 11 is 0. The van der Waals surface area contributed by atoms with Crippen molar-refractivity contribution >= 4 is 16.0 Å². The van der Waals surface area contributed by atoms with Crippen LogP contribution in [0.3, 0.4) is 0 Å². The van der Waals surface area contributed by atoms with Crippen molar-refractivity contribution in [3.05, 3.63) is 0 Å². The van der Waals surface area contributed by atoms with E-state index in [9.17, 15) is 13.2 Å². The third-order valence-electron chi connectivity index (χ3n) is 2.87. The van der Waals surface area contributed by atoms with E-state index in [2.05, 4.69) is 5.32 Å². The Morgan fingerprint density at radius 1 is 1.25 bits per heavy atom. The van der Waals surface area contributed by atoms with Crippen LogP contribution < -0.4 is 5.32 Å². The van der Waals surface area contributed by atoms with Gasteiger partial charge in [-0.15, -0.1) is 0 Å². The number of hydrogen-bond donors (Lipinski definition) is 2. The minimum absolute atomic E-state index is 0.103. The molecule has 0 unspecified atom stereocenters. The number of hydrogen-bond acceptors (Lipinski definition) is 3. The van der Waals surface area contributed by atoms with Crippen LogP contribution in [0.1, 0.15) is 41.0 Å². The monoisotopic (exact) mass is 251 g/mol. The zero-order chi connectivity index (χ0) is 13.2. The summed E-state index contributed by atoms with van der Waals surface area (Å²) in [6.45, 7) is 8.07. The Kier molecular flexibility index (Phi) is 4.53. The van der Waals surface area contributed by atoms with E-state index in [0.29, 0.717) is 6.42 Å². The minimum atomic E-state index is -4.16. The number of carbonyl (C=O) groups excluding carboxylic acids is 1. The third kappa shape index (κ3) is 3.75. The largest absolute Gasteiger partial charge is 0.354 e. The molecular formula is C10H21NO4S. The zero-order valence-corrected chi connectivity index (χ0v) is 11.3. The first-order chi connectivity index (χ1) is 6.94. The van der Waals surface area contributed by atoms with E-state index in [1.54, 1.807) is 13.8 Å². The molecule has 0 spiro atoms. The maximum absolute atomic E-state index is 11.7. The van der Waals surface area contributed by atoms with Crippen molar-refractivity contribution in [1.29, 1.82) is 0 Å². The highest BCUT2D eigenvalue weighted by atomic mass is 32.2. The molecule has 0 aliphatic heterocycles. The summed E-state index contributed by atoms with van der Waals surface area (Å²) in [6.07, 6.45) is 0.658. The quantitative estimate of drug-likeness (QED) is 0.719.